The van der Waals surface area contributed by atoms with Crippen molar-refractivity contribution >= 4 is 23.8 Å². The Morgan fingerprint density at radius 3 is 2.58 bits per heavy atom. The van der Waals surface area contributed by atoms with Crippen LogP contribution >= 0.6 is 0 Å². The van der Waals surface area contributed by atoms with Crippen molar-refractivity contribution < 1.29 is 24.3 Å². The van der Waals surface area contributed by atoms with Gasteiger partial charge in [-0.05, 0) is 42.9 Å². The zero-order valence-electron chi connectivity index (χ0n) is 14.4. The number of ketones is 2. The summed E-state index contributed by atoms with van der Waals surface area (Å²) >= 11 is 0. The zero-order valence-corrected chi connectivity index (χ0v) is 14.4. The summed E-state index contributed by atoms with van der Waals surface area (Å²) in [5.74, 6) is -1.22. The Hall–Kier alpha value is -1.52. The Morgan fingerprint density at radius 1 is 1.25 bits per heavy atom. The number of carbonyl (C=O) groups is 4. The zero-order chi connectivity index (χ0) is 17.7. The summed E-state index contributed by atoms with van der Waals surface area (Å²) in [6, 6.07) is 0. The van der Waals surface area contributed by atoms with E-state index in [1.54, 1.807) is 0 Å². The monoisotopic (exact) mass is 334 g/mol. The molecule has 3 saturated carbocycles. The second-order valence-corrected chi connectivity index (χ2v) is 8.45. The van der Waals surface area contributed by atoms with Crippen LogP contribution in [0.5, 0.6) is 0 Å². The Balaban J connectivity index is 1.97. The quantitative estimate of drug-likeness (QED) is 0.799. The number of carboxylic acid groups (broad SMARTS) is 1. The number of carbonyl (C=O) groups excluding carboxylic acids is 3. The molecular formula is C19H26O5. The minimum Gasteiger partial charge on any atom is -0.481 e. The predicted molar refractivity (Wildman–Crippen MR) is 86.2 cm³/mol. The second-order valence-electron chi connectivity index (χ2n) is 8.45. The van der Waals surface area contributed by atoms with E-state index in [2.05, 4.69) is 0 Å². The van der Waals surface area contributed by atoms with E-state index in [4.69, 9.17) is 0 Å². The average Bonchev–Trinajstić information content (AvgIpc) is 2.85. The summed E-state index contributed by atoms with van der Waals surface area (Å²) in [6.07, 6.45) is 4.33. The van der Waals surface area contributed by atoms with E-state index in [9.17, 15) is 24.3 Å². The lowest BCUT2D eigenvalue weighted by atomic mass is 9.48. The molecule has 0 spiro atoms. The van der Waals surface area contributed by atoms with Crippen molar-refractivity contribution in [3.05, 3.63) is 0 Å². The number of Topliss-reactive ketones (excluding diaryl/α,β-unsaturated/α-hetero) is 2. The molecule has 5 heteroatoms. The van der Waals surface area contributed by atoms with Crippen molar-refractivity contribution in [3.63, 3.8) is 0 Å². The van der Waals surface area contributed by atoms with Crippen molar-refractivity contribution in [2.24, 2.45) is 34.5 Å². The van der Waals surface area contributed by atoms with Crippen LogP contribution in [0.1, 0.15) is 58.8 Å². The molecule has 24 heavy (non-hydrogen) atoms. The Bertz CT molecular complexity index is 597. The van der Waals surface area contributed by atoms with Crippen molar-refractivity contribution in [2.45, 2.75) is 58.8 Å². The lowest BCUT2D eigenvalue weighted by Crippen LogP contribution is -2.56. The van der Waals surface area contributed by atoms with E-state index < -0.39 is 22.7 Å². The highest BCUT2D eigenvalue weighted by Gasteiger charge is 2.63. The Morgan fingerprint density at radius 2 is 1.96 bits per heavy atom. The van der Waals surface area contributed by atoms with Gasteiger partial charge in [-0.2, -0.15) is 0 Å². The van der Waals surface area contributed by atoms with Gasteiger partial charge in [0.15, 0.2) is 0 Å². The molecule has 3 fully saturated rings. The third-order valence-electron chi connectivity index (χ3n) is 7.36. The molecule has 0 bridgehead atoms. The van der Waals surface area contributed by atoms with Gasteiger partial charge in [-0.15, -0.1) is 0 Å². The van der Waals surface area contributed by atoms with Gasteiger partial charge in [-0.1, -0.05) is 13.8 Å². The number of rotatable bonds is 4. The van der Waals surface area contributed by atoms with E-state index in [1.165, 1.54) is 0 Å². The van der Waals surface area contributed by atoms with Crippen LogP contribution in [-0.4, -0.2) is 28.9 Å². The van der Waals surface area contributed by atoms with Gasteiger partial charge in [-0.25, -0.2) is 0 Å². The number of hydrogen-bond donors (Lipinski definition) is 1. The third kappa shape index (κ3) is 2.27. The van der Waals surface area contributed by atoms with E-state index in [0.29, 0.717) is 32.1 Å². The highest BCUT2D eigenvalue weighted by molar-refractivity contribution is 5.95. The summed E-state index contributed by atoms with van der Waals surface area (Å²) in [4.78, 5) is 48.1. The van der Waals surface area contributed by atoms with Gasteiger partial charge in [-0.3, -0.25) is 14.4 Å². The van der Waals surface area contributed by atoms with Crippen molar-refractivity contribution in [3.8, 4) is 0 Å². The maximum absolute atomic E-state index is 13.0. The minimum absolute atomic E-state index is 0.0355. The Kier molecular flexibility index (Phi) is 4.17. The van der Waals surface area contributed by atoms with Gasteiger partial charge in [0.1, 0.15) is 17.9 Å². The van der Waals surface area contributed by atoms with Gasteiger partial charge in [0.05, 0.1) is 5.92 Å². The molecule has 1 N–H and O–H groups in total. The summed E-state index contributed by atoms with van der Waals surface area (Å²) < 4.78 is 0. The molecule has 0 saturated heterocycles. The molecule has 3 aliphatic rings. The topological polar surface area (TPSA) is 88.5 Å². The van der Waals surface area contributed by atoms with E-state index in [-0.39, 0.29) is 35.7 Å². The van der Waals surface area contributed by atoms with Crippen molar-refractivity contribution in [1.82, 2.24) is 0 Å². The SMILES string of the molecule is C[C@]12CC(=O)C3C(CCC(=O)[C@]3(C)CCC=O)C1CCC2C(=O)O. The van der Waals surface area contributed by atoms with E-state index in [0.717, 1.165) is 12.7 Å². The van der Waals surface area contributed by atoms with Crippen LogP contribution < -0.4 is 0 Å². The Labute approximate surface area is 142 Å². The second kappa shape index (κ2) is 5.78. The summed E-state index contributed by atoms with van der Waals surface area (Å²) in [5, 5.41) is 9.56. The molecule has 6 atom stereocenters. The van der Waals surface area contributed by atoms with E-state index >= 15 is 0 Å². The number of aliphatic carboxylic acids is 1. The fraction of sp³-hybridized carbons (Fsp3) is 0.789. The predicted octanol–water partition coefficient (Wildman–Crippen LogP) is 2.66. The number of hydrogen-bond acceptors (Lipinski definition) is 4. The molecule has 4 unspecified atom stereocenters. The van der Waals surface area contributed by atoms with Gasteiger partial charge in [0, 0.05) is 30.6 Å². The first-order valence-corrected chi connectivity index (χ1v) is 8.98. The summed E-state index contributed by atoms with van der Waals surface area (Å²) in [6.45, 7) is 3.80. The van der Waals surface area contributed by atoms with Crippen molar-refractivity contribution in [2.75, 3.05) is 0 Å². The highest BCUT2D eigenvalue weighted by atomic mass is 16.4. The average molecular weight is 334 g/mol. The minimum atomic E-state index is -0.804. The van der Waals surface area contributed by atoms with Gasteiger partial charge < -0.3 is 9.90 Å². The number of fused-ring (bicyclic) bond motifs is 3. The van der Waals surface area contributed by atoms with E-state index in [1.807, 2.05) is 13.8 Å². The molecule has 3 aliphatic carbocycles. The van der Waals surface area contributed by atoms with Crippen LogP contribution in [0.3, 0.4) is 0 Å². The number of carboxylic acids is 1. The van der Waals surface area contributed by atoms with Crippen LogP contribution in [0, 0.1) is 34.5 Å². The molecule has 0 aromatic rings. The lowest BCUT2D eigenvalue weighted by Gasteiger charge is -2.54. The molecule has 0 aromatic carbocycles. The third-order valence-corrected chi connectivity index (χ3v) is 7.36. The largest absolute Gasteiger partial charge is 0.481 e. The first-order valence-electron chi connectivity index (χ1n) is 8.98. The van der Waals surface area contributed by atoms with Crippen molar-refractivity contribution in [1.29, 1.82) is 0 Å². The summed E-state index contributed by atoms with van der Waals surface area (Å²) in [5.41, 5.74) is -1.25. The van der Waals surface area contributed by atoms with Gasteiger partial charge in [0.25, 0.3) is 0 Å². The van der Waals surface area contributed by atoms with Crippen LogP contribution in [0.15, 0.2) is 0 Å². The molecule has 5 nitrogen and oxygen atoms in total. The van der Waals surface area contributed by atoms with Crippen LogP contribution in [0.25, 0.3) is 0 Å². The van der Waals surface area contributed by atoms with Crippen LogP contribution in [0.4, 0.5) is 0 Å². The van der Waals surface area contributed by atoms with Crippen LogP contribution in [-0.2, 0) is 19.2 Å². The molecule has 0 amide bonds. The molecule has 3 rings (SSSR count). The standard InChI is InChI=1S/C19H26O5/c1-18(8-3-9-20)15(22)7-4-11-12-5-6-13(17(23)24)19(12,2)10-14(21)16(11)18/h9,11-13,16H,3-8,10H2,1-2H3,(H,23,24)/t11?,12?,13?,16?,18-,19-/m0/s1. The van der Waals surface area contributed by atoms with Crippen LogP contribution in [0.2, 0.25) is 0 Å². The molecule has 0 aliphatic heterocycles. The van der Waals surface area contributed by atoms with Gasteiger partial charge in [0.2, 0.25) is 0 Å². The van der Waals surface area contributed by atoms with Gasteiger partial charge >= 0.3 is 5.97 Å². The molecule has 0 heterocycles. The fourth-order valence-electron chi connectivity index (χ4n) is 6.19. The molecular weight excluding hydrogens is 308 g/mol. The highest BCUT2D eigenvalue weighted by Crippen LogP contribution is 2.63. The molecule has 0 aromatic heterocycles. The smallest absolute Gasteiger partial charge is 0.307 e. The lowest BCUT2D eigenvalue weighted by molar-refractivity contribution is -0.163. The maximum Gasteiger partial charge on any atom is 0.307 e. The maximum atomic E-state index is 13.0. The molecule has 132 valence electrons. The fourth-order valence-corrected chi connectivity index (χ4v) is 6.19. The first kappa shape index (κ1) is 17.3. The first-order chi connectivity index (χ1) is 11.3. The summed E-state index contributed by atoms with van der Waals surface area (Å²) in [7, 11) is 0. The normalized spacial score (nSPS) is 44.8. The molecule has 0 radical (unpaired) electrons. The number of aldehydes is 1.